The first-order valence-electron chi connectivity index (χ1n) is 7.19. The molecular weight excluding hydrogens is 292 g/mol. The average Bonchev–Trinajstić information content (AvgIpc) is 2.58. The van der Waals surface area contributed by atoms with E-state index in [0.29, 0.717) is 16.8 Å². The number of pyridine rings is 1. The molecule has 0 atom stereocenters. The summed E-state index contributed by atoms with van der Waals surface area (Å²) in [6.07, 6.45) is 1.63. The van der Waals surface area contributed by atoms with E-state index in [1.54, 1.807) is 43.6 Å². The highest BCUT2D eigenvalue weighted by molar-refractivity contribution is 5.91. The number of fused-ring (bicyclic) bond motifs is 1. The monoisotopic (exact) mass is 308 g/mol. The fraction of sp³-hybridized carbons (Fsp3) is 0.111. The summed E-state index contributed by atoms with van der Waals surface area (Å²) in [4.78, 5) is 24.5. The number of nitrogens with one attached hydrogen (secondary N) is 1. The van der Waals surface area contributed by atoms with Crippen LogP contribution in [0.15, 0.2) is 65.6 Å². The van der Waals surface area contributed by atoms with Crippen LogP contribution in [0, 0.1) is 0 Å². The lowest BCUT2D eigenvalue weighted by molar-refractivity contribution is -0.116. The van der Waals surface area contributed by atoms with Crippen LogP contribution in [-0.4, -0.2) is 17.6 Å². The van der Waals surface area contributed by atoms with E-state index in [2.05, 4.69) is 5.32 Å². The Morgan fingerprint density at radius 2 is 1.96 bits per heavy atom. The first kappa shape index (κ1) is 14.8. The number of ether oxygens (including phenoxy) is 1. The average molecular weight is 308 g/mol. The molecule has 2 aromatic carbocycles. The van der Waals surface area contributed by atoms with Crippen molar-refractivity contribution in [3.8, 4) is 5.75 Å². The molecule has 1 N–H and O–H groups in total. The Balaban J connectivity index is 1.80. The lowest BCUT2D eigenvalue weighted by atomic mass is 10.2. The number of rotatable bonds is 4. The van der Waals surface area contributed by atoms with Crippen LogP contribution >= 0.6 is 0 Å². The van der Waals surface area contributed by atoms with Crippen LogP contribution in [0.5, 0.6) is 5.75 Å². The minimum absolute atomic E-state index is 0.0408. The Hall–Kier alpha value is -3.08. The summed E-state index contributed by atoms with van der Waals surface area (Å²) in [5.41, 5.74) is 0.451. The fourth-order valence-corrected chi connectivity index (χ4v) is 2.41. The Bertz CT molecular complexity index is 915. The van der Waals surface area contributed by atoms with Crippen LogP contribution in [-0.2, 0) is 11.3 Å². The number of carbonyl (C=O) groups excluding carboxylic acids is 1. The van der Waals surface area contributed by atoms with Crippen molar-refractivity contribution in [2.24, 2.45) is 0 Å². The second-order valence-corrected chi connectivity index (χ2v) is 5.12. The number of aromatic nitrogens is 1. The molecule has 1 amide bonds. The van der Waals surface area contributed by atoms with E-state index in [0.717, 1.165) is 5.39 Å². The normalized spacial score (nSPS) is 10.5. The van der Waals surface area contributed by atoms with E-state index in [1.807, 2.05) is 24.3 Å². The van der Waals surface area contributed by atoms with Crippen molar-refractivity contribution in [1.29, 1.82) is 0 Å². The third-order valence-corrected chi connectivity index (χ3v) is 3.55. The zero-order valence-electron chi connectivity index (χ0n) is 12.7. The molecule has 23 heavy (non-hydrogen) atoms. The van der Waals surface area contributed by atoms with Gasteiger partial charge in [0, 0.05) is 23.3 Å². The molecule has 0 unspecified atom stereocenters. The van der Waals surface area contributed by atoms with Gasteiger partial charge in [0.25, 0.3) is 5.56 Å². The van der Waals surface area contributed by atoms with Gasteiger partial charge in [0.1, 0.15) is 12.3 Å². The molecule has 3 rings (SSSR count). The highest BCUT2D eigenvalue weighted by Gasteiger charge is 2.08. The van der Waals surface area contributed by atoms with Crippen molar-refractivity contribution in [3.63, 3.8) is 0 Å². The number of anilines is 1. The van der Waals surface area contributed by atoms with Crippen LogP contribution < -0.4 is 15.6 Å². The van der Waals surface area contributed by atoms with Gasteiger partial charge in [-0.15, -0.1) is 0 Å². The second kappa shape index (κ2) is 6.36. The van der Waals surface area contributed by atoms with E-state index in [9.17, 15) is 9.59 Å². The molecule has 0 fully saturated rings. The molecule has 116 valence electrons. The number of hydrogen-bond donors (Lipinski definition) is 1. The summed E-state index contributed by atoms with van der Waals surface area (Å²) in [5, 5.41) is 4.23. The van der Waals surface area contributed by atoms with Gasteiger partial charge >= 0.3 is 0 Å². The van der Waals surface area contributed by atoms with Gasteiger partial charge in [0.2, 0.25) is 5.91 Å². The number of amides is 1. The van der Waals surface area contributed by atoms with Crippen LogP contribution in [0.25, 0.3) is 10.8 Å². The third-order valence-electron chi connectivity index (χ3n) is 3.55. The van der Waals surface area contributed by atoms with Gasteiger partial charge in [-0.2, -0.15) is 0 Å². The molecule has 0 radical (unpaired) electrons. The van der Waals surface area contributed by atoms with Crippen molar-refractivity contribution >= 4 is 22.4 Å². The van der Waals surface area contributed by atoms with Gasteiger partial charge in [-0.05, 0) is 29.7 Å². The first-order valence-corrected chi connectivity index (χ1v) is 7.19. The Morgan fingerprint density at radius 1 is 1.13 bits per heavy atom. The summed E-state index contributed by atoms with van der Waals surface area (Å²) in [7, 11) is 1.57. The van der Waals surface area contributed by atoms with Gasteiger partial charge in [-0.1, -0.05) is 24.3 Å². The maximum absolute atomic E-state index is 12.4. The second-order valence-electron chi connectivity index (χ2n) is 5.12. The van der Waals surface area contributed by atoms with Crippen LogP contribution in [0.3, 0.4) is 0 Å². The Labute approximate surface area is 133 Å². The first-order chi connectivity index (χ1) is 11.2. The molecule has 1 heterocycles. The van der Waals surface area contributed by atoms with Gasteiger partial charge < -0.3 is 14.6 Å². The molecule has 0 aliphatic rings. The minimum Gasteiger partial charge on any atom is -0.497 e. The third kappa shape index (κ3) is 3.23. The molecule has 0 aliphatic carbocycles. The zero-order valence-corrected chi connectivity index (χ0v) is 12.7. The largest absolute Gasteiger partial charge is 0.497 e. The van der Waals surface area contributed by atoms with Crippen LogP contribution in [0.1, 0.15) is 0 Å². The van der Waals surface area contributed by atoms with Crippen molar-refractivity contribution in [2.75, 3.05) is 12.4 Å². The summed E-state index contributed by atoms with van der Waals surface area (Å²) < 4.78 is 6.52. The standard InChI is InChI=1S/C18H16N2O3/c1-23-15-7-4-6-14(11-15)19-17(21)12-20-10-9-13-5-2-3-8-16(13)18(20)22/h2-11H,12H2,1H3,(H,19,21). The number of hydrogen-bond acceptors (Lipinski definition) is 3. The summed E-state index contributed by atoms with van der Waals surface area (Å²) in [6, 6.07) is 16.2. The van der Waals surface area contributed by atoms with Crippen molar-refractivity contribution in [1.82, 2.24) is 4.57 Å². The van der Waals surface area contributed by atoms with Crippen molar-refractivity contribution in [3.05, 3.63) is 71.1 Å². The van der Waals surface area contributed by atoms with Crippen LogP contribution in [0.4, 0.5) is 5.69 Å². The predicted octanol–water partition coefficient (Wildman–Crippen LogP) is 2.65. The Morgan fingerprint density at radius 3 is 2.78 bits per heavy atom. The summed E-state index contributed by atoms with van der Waals surface area (Å²) in [6.45, 7) is -0.0408. The highest BCUT2D eigenvalue weighted by Crippen LogP contribution is 2.16. The molecule has 5 heteroatoms. The van der Waals surface area contributed by atoms with E-state index in [4.69, 9.17) is 4.74 Å². The van der Waals surface area contributed by atoms with Gasteiger partial charge in [-0.25, -0.2) is 0 Å². The number of benzene rings is 2. The molecule has 1 aromatic heterocycles. The quantitative estimate of drug-likeness (QED) is 0.806. The molecule has 3 aromatic rings. The molecule has 0 spiro atoms. The van der Waals surface area contributed by atoms with Gasteiger partial charge in [0.05, 0.1) is 7.11 Å². The van der Waals surface area contributed by atoms with E-state index in [-0.39, 0.29) is 18.0 Å². The summed E-state index contributed by atoms with van der Waals surface area (Å²) in [5.74, 6) is 0.390. The lowest BCUT2D eigenvalue weighted by Gasteiger charge is -2.09. The molecular formula is C18H16N2O3. The zero-order chi connectivity index (χ0) is 16.2. The van der Waals surface area contributed by atoms with E-state index in [1.165, 1.54) is 4.57 Å². The molecule has 0 bridgehead atoms. The maximum Gasteiger partial charge on any atom is 0.258 e. The minimum atomic E-state index is -0.268. The fourth-order valence-electron chi connectivity index (χ4n) is 2.41. The molecule has 0 saturated carbocycles. The van der Waals surface area contributed by atoms with Gasteiger partial charge in [-0.3, -0.25) is 9.59 Å². The Kier molecular flexibility index (Phi) is 4.10. The van der Waals surface area contributed by atoms with E-state index < -0.39 is 0 Å². The lowest BCUT2D eigenvalue weighted by Crippen LogP contribution is -2.27. The van der Waals surface area contributed by atoms with Crippen molar-refractivity contribution < 1.29 is 9.53 Å². The smallest absolute Gasteiger partial charge is 0.258 e. The van der Waals surface area contributed by atoms with Crippen molar-refractivity contribution in [2.45, 2.75) is 6.54 Å². The molecule has 0 saturated heterocycles. The highest BCUT2D eigenvalue weighted by atomic mass is 16.5. The molecule has 5 nitrogen and oxygen atoms in total. The summed E-state index contributed by atoms with van der Waals surface area (Å²) >= 11 is 0. The number of carbonyl (C=O) groups is 1. The molecule has 0 aliphatic heterocycles. The van der Waals surface area contributed by atoms with Gasteiger partial charge in [0.15, 0.2) is 0 Å². The maximum atomic E-state index is 12.4. The SMILES string of the molecule is COc1cccc(NC(=O)Cn2ccc3ccccc3c2=O)c1. The van der Waals surface area contributed by atoms with Crippen LogP contribution in [0.2, 0.25) is 0 Å². The predicted molar refractivity (Wildman–Crippen MR) is 89.8 cm³/mol. The number of nitrogens with zero attached hydrogens (tertiary/aromatic N) is 1. The van der Waals surface area contributed by atoms with E-state index >= 15 is 0 Å². The topological polar surface area (TPSA) is 60.3 Å². The number of methoxy groups -OCH3 is 1.